The molecular formula is C20H18N4O3. The largest absolute Gasteiger partial charge is 0.453 e. The normalized spacial score (nSPS) is 10.9. The second kappa shape index (κ2) is 6.60. The Morgan fingerprint density at radius 2 is 1.93 bits per heavy atom. The SMILES string of the molecule is Cc1ccc(Oc2cc(C(=O)Nc3ccn(C)n3)cc3nc(C)oc23)cc1. The summed E-state index contributed by atoms with van der Waals surface area (Å²) in [4.78, 5) is 17.0. The summed E-state index contributed by atoms with van der Waals surface area (Å²) >= 11 is 0. The van der Waals surface area contributed by atoms with Crippen LogP contribution < -0.4 is 10.1 Å². The fourth-order valence-corrected chi connectivity index (χ4v) is 2.72. The van der Waals surface area contributed by atoms with E-state index < -0.39 is 0 Å². The Labute approximate surface area is 155 Å². The Kier molecular flexibility index (Phi) is 4.12. The topological polar surface area (TPSA) is 82.2 Å². The molecule has 4 aromatic rings. The molecule has 0 aliphatic rings. The summed E-state index contributed by atoms with van der Waals surface area (Å²) in [6.07, 6.45) is 1.76. The number of carbonyl (C=O) groups excluding carboxylic acids is 1. The van der Waals surface area contributed by atoms with E-state index in [1.165, 1.54) is 0 Å². The van der Waals surface area contributed by atoms with E-state index in [1.54, 1.807) is 43.0 Å². The van der Waals surface area contributed by atoms with E-state index in [4.69, 9.17) is 9.15 Å². The second-order valence-corrected chi connectivity index (χ2v) is 6.30. The minimum absolute atomic E-state index is 0.301. The number of nitrogens with one attached hydrogen (secondary N) is 1. The van der Waals surface area contributed by atoms with Crippen molar-refractivity contribution in [1.29, 1.82) is 0 Å². The van der Waals surface area contributed by atoms with Crippen molar-refractivity contribution in [3.8, 4) is 11.5 Å². The van der Waals surface area contributed by atoms with Crippen LogP contribution in [0.2, 0.25) is 0 Å². The summed E-state index contributed by atoms with van der Waals surface area (Å²) in [5, 5.41) is 6.92. The molecule has 0 unspecified atom stereocenters. The van der Waals surface area contributed by atoms with E-state index in [0.717, 1.165) is 5.56 Å². The van der Waals surface area contributed by atoms with Gasteiger partial charge in [-0.15, -0.1) is 0 Å². The molecule has 0 saturated heterocycles. The van der Waals surface area contributed by atoms with Crippen LogP contribution in [0, 0.1) is 13.8 Å². The van der Waals surface area contributed by atoms with E-state index in [1.807, 2.05) is 31.2 Å². The summed E-state index contributed by atoms with van der Waals surface area (Å²) in [6.45, 7) is 3.76. The first-order valence-corrected chi connectivity index (χ1v) is 8.44. The van der Waals surface area contributed by atoms with Crippen LogP contribution in [0.4, 0.5) is 5.82 Å². The maximum atomic E-state index is 12.6. The number of hydrogen-bond donors (Lipinski definition) is 1. The number of hydrogen-bond acceptors (Lipinski definition) is 5. The minimum Gasteiger partial charge on any atom is -0.453 e. The standard InChI is InChI=1S/C20H18N4O3/c1-12-4-6-15(7-5-12)27-17-11-14(10-16-19(17)26-13(2)21-16)20(25)22-18-8-9-24(3)23-18/h4-11H,1-3H3,(H,22,23,25). The van der Waals surface area contributed by atoms with Gasteiger partial charge >= 0.3 is 0 Å². The van der Waals surface area contributed by atoms with Crippen LogP contribution in [0.5, 0.6) is 11.5 Å². The molecule has 4 rings (SSSR count). The lowest BCUT2D eigenvalue weighted by Gasteiger charge is -2.08. The van der Waals surface area contributed by atoms with Gasteiger partial charge in [-0.25, -0.2) is 4.98 Å². The number of anilines is 1. The van der Waals surface area contributed by atoms with Crippen molar-refractivity contribution in [1.82, 2.24) is 14.8 Å². The highest BCUT2D eigenvalue weighted by molar-refractivity contribution is 6.06. The summed E-state index contributed by atoms with van der Waals surface area (Å²) in [6, 6.07) is 12.7. The fraction of sp³-hybridized carbons (Fsp3) is 0.150. The first-order valence-electron chi connectivity index (χ1n) is 8.44. The molecular weight excluding hydrogens is 344 g/mol. The number of benzene rings is 2. The predicted molar refractivity (Wildman–Crippen MR) is 101 cm³/mol. The minimum atomic E-state index is -0.301. The van der Waals surface area contributed by atoms with Gasteiger partial charge in [-0.1, -0.05) is 17.7 Å². The molecule has 7 nitrogen and oxygen atoms in total. The quantitative estimate of drug-likeness (QED) is 0.588. The third kappa shape index (κ3) is 3.52. The van der Waals surface area contributed by atoms with Gasteiger partial charge < -0.3 is 14.5 Å². The van der Waals surface area contributed by atoms with E-state index in [9.17, 15) is 4.79 Å². The Morgan fingerprint density at radius 1 is 1.15 bits per heavy atom. The fourth-order valence-electron chi connectivity index (χ4n) is 2.72. The van der Waals surface area contributed by atoms with E-state index >= 15 is 0 Å². The van der Waals surface area contributed by atoms with Crippen molar-refractivity contribution in [2.24, 2.45) is 7.05 Å². The first kappa shape index (κ1) is 16.8. The smallest absolute Gasteiger partial charge is 0.257 e. The number of carbonyl (C=O) groups is 1. The number of oxazole rings is 1. The molecule has 2 heterocycles. The first-order chi connectivity index (χ1) is 13.0. The summed E-state index contributed by atoms with van der Waals surface area (Å²) in [5.74, 6) is 1.76. The van der Waals surface area contributed by atoms with Crippen LogP contribution in [0.25, 0.3) is 11.1 Å². The number of rotatable bonds is 4. The Balaban J connectivity index is 1.71. The zero-order valence-corrected chi connectivity index (χ0v) is 15.2. The van der Waals surface area contributed by atoms with Gasteiger partial charge in [0.2, 0.25) is 0 Å². The van der Waals surface area contributed by atoms with Gasteiger partial charge in [0.1, 0.15) is 11.3 Å². The van der Waals surface area contributed by atoms with Gasteiger partial charge in [-0.05, 0) is 31.2 Å². The highest BCUT2D eigenvalue weighted by atomic mass is 16.5. The van der Waals surface area contributed by atoms with Crippen LogP contribution in [0.15, 0.2) is 53.1 Å². The van der Waals surface area contributed by atoms with Crippen molar-refractivity contribution < 1.29 is 13.9 Å². The lowest BCUT2D eigenvalue weighted by molar-refractivity contribution is 0.102. The third-order valence-corrected chi connectivity index (χ3v) is 4.03. The molecule has 7 heteroatoms. The van der Waals surface area contributed by atoms with Gasteiger partial charge in [0, 0.05) is 31.8 Å². The molecule has 27 heavy (non-hydrogen) atoms. The molecule has 1 amide bonds. The van der Waals surface area contributed by atoms with E-state index in [-0.39, 0.29) is 5.91 Å². The van der Waals surface area contributed by atoms with Gasteiger partial charge in [-0.2, -0.15) is 5.10 Å². The molecule has 0 spiro atoms. The summed E-state index contributed by atoms with van der Waals surface area (Å²) < 4.78 is 13.3. The number of amides is 1. The molecule has 0 aliphatic heterocycles. The lowest BCUT2D eigenvalue weighted by Crippen LogP contribution is -2.12. The monoisotopic (exact) mass is 362 g/mol. The number of aryl methyl sites for hydroxylation is 3. The van der Waals surface area contributed by atoms with Crippen molar-refractivity contribution in [3.63, 3.8) is 0 Å². The molecule has 0 radical (unpaired) electrons. The van der Waals surface area contributed by atoms with Gasteiger partial charge in [0.25, 0.3) is 5.91 Å². The maximum Gasteiger partial charge on any atom is 0.257 e. The lowest BCUT2D eigenvalue weighted by atomic mass is 10.1. The van der Waals surface area contributed by atoms with Crippen molar-refractivity contribution in [2.45, 2.75) is 13.8 Å². The van der Waals surface area contributed by atoms with Crippen LogP contribution in [-0.2, 0) is 7.05 Å². The van der Waals surface area contributed by atoms with Crippen LogP contribution in [0.1, 0.15) is 21.8 Å². The van der Waals surface area contributed by atoms with Crippen LogP contribution >= 0.6 is 0 Å². The molecule has 2 aromatic carbocycles. The Morgan fingerprint density at radius 3 is 2.63 bits per heavy atom. The zero-order valence-electron chi connectivity index (χ0n) is 15.2. The van der Waals surface area contributed by atoms with Gasteiger partial charge in [0.15, 0.2) is 23.0 Å². The molecule has 0 fully saturated rings. The van der Waals surface area contributed by atoms with Crippen molar-refractivity contribution >= 4 is 22.8 Å². The second-order valence-electron chi connectivity index (χ2n) is 6.30. The Bertz CT molecular complexity index is 1130. The van der Waals surface area contributed by atoms with Crippen LogP contribution in [-0.4, -0.2) is 20.7 Å². The molecule has 0 saturated carbocycles. The highest BCUT2D eigenvalue weighted by Crippen LogP contribution is 2.32. The summed E-state index contributed by atoms with van der Waals surface area (Å²) in [5.41, 5.74) is 2.60. The molecule has 0 bridgehead atoms. The average Bonchev–Trinajstić information content (AvgIpc) is 3.21. The van der Waals surface area contributed by atoms with Crippen molar-refractivity contribution in [3.05, 3.63) is 65.7 Å². The predicted octanol–water partition coefficient (Wildman–Crippen LogP) is 4.22. The maximum absolute atomic E-state index is 12.6. The number of ether oxygens (including phenoxy) is 1. The van der Waals surface area contributed by atoms with Crippen LogP contribution in [0.3, 0.4) is 0 Å². The molecule has 1 N–H and O–H groups in total. The number of nitrogens with zero attached hydrogens (tertiary/aromatic N) is 3. The summed E-state index contributed by atoms with van der Waals surface area (Å²) in [7, 11) is 1.79. The highest BCUT2D eigenvalue weighted by Gasteiger charge is 2.17. The zero-order chi connectivity index (χ0) is 19.0. The molecule has 136 valence electrons. The van der Waals surface area contributed by atoms with E-state index in [2.05, 4.69) is 15.4 Å². The number of aromatic nitrogens is 3. The van der Waals surface area contributed by atoms with Gasteiger partial charge in [0.05, 0.1) is 0 Å². The van der Waals surface area contributed by atoms with Gasteiger partial charge in [-0.3, -0.25) is 9.48 Å². The molecule has 0 aliphatic carbocycles. The Hall–Kier alpha value is -3.61. The van der Waals surface area contributed by atoms with Crippen molar-refractivity contribution in [2.75, 3.05) is 5.32 Å². The average molecular weight is 362 g/mol. The molecule has 2 aromatic heterocycles. The third-order valence-electron chi connectivity index (χ3n) is 4.03. The van der Waals surface area contributed by atoms with E-state index in [0.29, 0.717) is 39.9 Å². The molecule has 0 atom stereocenters. The number of fused-ring (bicyclic) bond motifs is 1.